The molecule has 2 heteroatoms. The number of nitrogens with zero attached hydrogens (tertiary/aromatic N) is 1. The molecule has 0 spiro atoms. The van der Waals surface area contributed by atoms with Crippen LogP contribution in [0.2, 0.25) is 0 Å². The Balaban J connectivity index is 2.23. The van der Waals surface area contributed by atoms with Crippen molar-refractivity contribution >= 4 is 0 Å². The third kappa shape index (κ3) is 3.42. The Morgan fingerprint density at radius 2 is 1.75 bits per heavy atom. The van der Waals surface area contributed by atoms with Crippen LogP contribution in [0.3, 0.4) is 0 Å². The monoisotopic (exact) mass is 274 g/mol. The van der Waals surface area contributed by atoms with Crippen molar-refractivity contribution in [3.8, 4) is 0 Å². The van der Waals surface area contributed by atoms with E-state index in [0.29, 0.717) is 18.0 Å². The van der Waals surface area contributed by atoms with Gasteiger partial charge in [-0.15, -0.1) is 0 Å². The van der Waals surface area contributed by atoms with E-state index >= 15 is 0 Å². The molecule has 112 valence electrons. The van der Waals surface area contributed by atoms with Crippen LogP contribution in [-0.2, 0) is 0 Å². The molecule has 0 bridgehead atoms. The minimum Gasteiger partial charge on any atom is -0.309 e. The summed E-state index contributed by atoms with van der Waals surface area (Å²) >= 11 is 0. The minimum absolute atomic E-state index is 0.199. The Kier molecular flexibility index (Phi) is 4.55. The summed E-state index contributed by atoms with van der Waals surface area (Å²) in [5.74, 6) is 0.673. The van der Waals surface area contributed by atoms with Gasteiger partial charge in [-0.1, -0.05) is 43.7 Å². The molecule has 0 aromatic heterocycles. The van der Waals surface area contributed by atoms with Gasteiger partial charge in [-0.3, -0.25) is 4.90 Å². The van der Waals surface area contributed by atoms with Crippen molar-refractivity contribution in [2.24, 2.45) is 5.92 Å². The summed E-state index contributed by atoms with van der Waals surface area (Å²) in [5, 5.41) is 3.69. The van der Waals surface area contributed by atoms with Crippen molar-refractivity contribution in [2.75, 3.05) is 13.1 Å². The first-order valence-electron chi connectivity index (χ1n) is 7.87. The maximum absolute atomic E-state index is 3.69. The lowest BCUT2D eigenvalue weighted by Gasteiger charge is -2.49. The van der Waals surface area contributed by atoms with E-state index in [1.807, 2.05) is 0 Å². The Hall–Kier alpha value is -0.860. The summed E-state index contributed by atoms with van der Waals surface area (Å²) in [6.45, 7) is 16.0. The van der Waals surface area contributed by atoms with Gasteiger partial charge in [0.2, 0.25) is 0 Å². The van der Waals surface area contributed by atoms with Crippen LogP contribution < -0.4 is 5.32 Å². The second-order valence-corrected chi connectivity index (χ2v) is 7.34. The molecular weight excluding hydrogens is 244 g/mol. The van der Waals surface area contributed by atoms with Crippen LogP contribution in [-0.4, -0.2) is 29.6 Å². The summed E-state index contributed by atoms with van der Waals surface area (Å²) in [6, 6.07) is 10.1. The van der Waals surface area contributed by atoms with E-state index in [1.54, 1.807) is 0 Å². The van der Waals surface area contributed by atoms with E-state index in [2.05, 4.69) is 76.0 Å². The molecular formula is C18H30N2. The number of hydrogen-bond donors (Lipinski definition) is 1. The van der Waals surface area contributed by atoms with E-state index in [-0.39, 0.29) is 5.54 Å². The Morgan fingerprint density at radius 3 is 2.30 bits per heavy atom. The number of aryl methyl sites for hydroxylation is 1. The average Bonchev–Trinajstić information content (AvgIpc) is 2.37. The molecule has 0 radical (unpaired) electrons. The van der Waals surface area contributed by atoms with Crippen molar-refractivity contribution in [1.29, 1.82) is 0 Å². The fourth-order valence-electron chi connectivity index (χ4n) is 3.21. The standard InChI is InChI=1S/C18H30N2/c1-13(2)17-11-19-18(5,6)12-20(17)15(4)16-9-7-14(3)8-10-16/h7-10,13,15,17,19H,11-12H2,1-6H3. The third-order valence-corrected chi connectivity index (χ3v) is 4.62. The quantitative estimate of drug-likeness (QED) is 0.902. The van der Waals surface area contributed by atoms with Crippen LogP contribution in [0.1, 0.15) is 51.8 Å². The zero-order valence-electron chi connectivity index (χ0n) is 13.9. The minimum atomic E-state index is 0.199. The number of nitrogens with one attached hydrogen (secondary N) is 1. The highest BCUT2D eigenvalue weighted by Crippen LogP contribution is 2.30. The topological polar surface area (TPSA) is 15.3 Å². The largest absolute Gasteiger partial charge is 0.309 e. The number of rotatable bonds is 3. The van der Waals surface area contributed by atoms with Gasteiger partial charge in [0.25, 0.3) is 0 Å². The molecule has 1 aliphatic rings. The first kappa shape index (κ1) is 15.5. The molecule has 2 nitrogen and oxygen atoms in total. The maximum Gasteiger partial charge on any atom is 0.0324 e. The average molecular weight is 274 g/mol. The fourth-order valence-corrected chi connectivity index (χ4v) is 3.21. The van der Waals surface area contributed by atoms with Gasteiger partial charge in [0.05, 0.1) is 0 Å². The molecule has 1 aromatic carbocycles. The molecule has 1 aliphatic heterocycles. The van der Waals surface area contributed by atoms with Gasteiger partial charge in [-0.25, -0.2) is 0 Å². The summed E-state index contributed by atoms with van der Waals surface area (Å²) in [6.07, 6.45) is 0. The Morgan fingerprint density at radius 1 is 1.15 bits per heavy atom. The van der Waals surface area contributed by atoms with E-state index < -0.39 is 0 Å². The van der Waals surface area contributed by atoms with E-state index in [9.17, 15) is 0 Å². The van der Waals surface area contributed by atoms with Crippen molar-refractivity contribution in [3.63, 3.8) is 0 Å². The van der Waals surface area contributed by atoms with Gasteiger partial charge >= 0.3 is 0 Å². The zero-order valence-corrected chi connectivity index (χ0v) is 13.9. The SMILES string of the molecule is Cc1ccc(C(C)N2CC(C)(C)NCC2C(C)C)cc1. The highest BCUT2D eigenvalue weighted by atomic mass is 15.3. The summed E-state index contributed by atoms with van der Waals surface area (Å²) in [5.41, 5.74) is 2.96. The number of hydrogen-bond acceptors (Lipinski definition) is 2. The van der Waals surface area contributed by atoms with Gasteiger partial charge in [0.15, 0.2) is 0 Å². The molecule has 1 aromatic rings. The van der Waals surface area contributed by atoms with Crippen LogP contribution in [0.4, 0.5) is 0 Å². The third-order valence-electron chi connectivity index (χ3n) is 4.62. The summed E-state index contributed by atoms with van der Waals surface area (Å²) in [7, 11) is 0. The maximum atomic E-state index is 3.69. The van der Waals surface area contributed by atoms with Gasteiger partial charge in [0.1, 0.15) is 0 Å². The highest BCUT2D eigenvalue weighted by Gasteiger charge is 2.36. The molecule has 1 N–H and O–H groups in total. The van der Waals surface area contributed by atoms with Crippen molar-refractivity contribution in [3.05, 3.63) is 35.4 Å². The number of piperazine rings is 1. The van der Waals surface area contributed by atoms with Crippen LogP contribution in [0.25, 0.3) is 0 Å². The molecule has 0 amide bonds. The van der Waals surface area contributed by atoms with Gasteiger partial charge < -0.3 is 5.32 Å². The summed E-state index contributed by atoms with van der Waals surface area (Å²) in [4.78, 5) is 2.69. The lowest BCUT2D eigenvalue weighted by Crippen LogP contribution is -2.63. The van der Waals surface area contributed by atoms with Crippen LogP contribution in [0, 0.1) is 12.8 Å². The van der Waals surface area contributed by atoms with Crippen LogP contribution in [0.5, 0.6) is 0 Å². The van der Waals surface area contributed by atoms with Gasteiger partial charge in [0, 0.05) is 30.7 Å². The first-order chi connectivity index (χ1) is 9.30. The van der Waals surface area contributed by atoms with Crippen molar-refractivity contribution in [1.82, 2.24) is 10.2 Å². The smallest absolute Gasteiger partial charge is 0.0324 e. The Bertz CT molecular complexity index is 433. The van der Waals surface area contributed by atoms with Gasteiger partial charge in [-0.05, 0) is 39.2 Å². The van der Waals surface area contributed by atoms with Crippen LogP contribution in [0.15, 0.2) is 24.3 Å². The molecule has 2 unspecified atom stereocenters. The molecule has 1 saturated heterocycles. The van der Waals surface area contributed by atoms with E-state index in [4.69, 9.17) is 0 Å². The van der Waals surface area contributed by atoms with Crippen molar-refractivity contribution < 1.29 is 0 Å². The molecule has 0 saturated carbocycles. The van der Waals surface area contributed by atoms with Crippen molar-refractivity contribution in [2.45, 2.75) is 59.2 Å². The molecule has 2 atom stereocenters. The first-order valence-corrected chi connectivity index (χ1v) is 7.87. The second kappa shape index (κ2) is 5.87. The molecule has 1 heterocycles. The molecule has 20 heavy (non-hydrogen) atoms. The fraction of sp³-hybridized carbons (Fsp3) is 0.667. The molecule has 0 aliphatic carbocycles. The molecule has 2 rings (SSSR count). The molecule has 1 fully saturated rings. The lowest BCUT2D eigenvalue weighted by molar-refractivity contribution is 0.0371. The predicted octanol–water partition coefficient (Wildman–Crippen LogP) is 3.76. The zero-order chi connectivity index (χ0) is 14.9. The van der Waals surface area contributed by atoms with E-state index in [0.717, 1.165) is 13.1 Å². The lowest BCUT2D eigenvalue weighted by atomic mass is 9.90. The normalized spacial score (nSPS) is 24.9. The van der Waals surface area contributed by atoms with Gasteiger partial charge in [-0.2, -0.15) is 0 Å². The summed E-state index contributed by atoms with van der Waals surface area (Å²) < 4.78 is 0. The van der Waals surface area contributed by atoms with E-state index in [1.165, 1.54) is 11.1 Å². The van der Waals surface area contributed by atoms with Crippen LogP contribution >= 0.6 is 0 Å². The highest BCUT2D eigenvalue weighted by molar-refractivity contribution is 5.24. The Labute approximate surface area is 124 Å². The predicted molar refractivity (Wildman–Crippen MR) is 87.0 cm³/mol. The number of benzene rings is 1. The second-order valence-electron chi connectivity index (χ2n) is 7.34.